The number of rotatable bonds is 3. The van der Waals surface area contributed by atoms with Crippen LogP contribution in [0.25, 0.3) is 0 Å². The lowest BCUT2D eigenvalue weighted by Gasteiger charge is -2.15. The molecule has 0 aliphatic carbocycles. The van der Waals surface area contributed by atoms with E-state index in [0.29, 0.717) is 5.69 Å². The van der Waals surface area contributed by atoms with Crippen molar-refractivity contribution in [1.82, 2.24) is 0 Å². The Balaban J connectivity index is 2.73. The van der Waals surface area contributed by atoms with Gasteiger partial charge in [-0.25, -0.2) is 0 Å². The smallest absolute Gasteiger partial charge is 0.325 e. The Kier molecular flexibility index (Phi) is 4.34. The lowest BCUT2D eigenvalue weighted by Crippen LogP contribution is -2.39. The van der Waals surface area contributed by atoms with Crippen LogP contribution in [-0.2, 0) is 11.0 Å². The lowest BCUT2D eigenvalue weighted by atomic mass is 10.0. The third-order valence-electron chi connectivity index (χ3n) is 2.50. The van der Waals surface area contributed by atoms with Crippen LogP contribution in [0.2, 0.25) is 0 Å². The van der Waals surface area contributed by atoms with Crippen LogP contribution in [0.5, 0.6) is 0 Å². The van der Waals surface area contributed by atoms with Crippen molar-refractivity contribution in [1.29, 1.82) is 0 Å². The molecule has 0 fully saturated rings. The van der Waals surface area contributed by atoms with E-state index in [0.717, 1.165) is 12.1 Å². The summed E-state index contributed by atoms with van der Waals surface area (Å²) in [7, 11) is 0. The first-order valence-electron chi connectivity index (χ1n) is 5.45. The highest BCUT2D eigenvalue weighted by atomic mass is 19.4. The van der Waals surface area contributed by atoms with Gasteiger partial charge < -0.3 is 11.1 Å². The van der Waals surface area contributed by atoms with E-state index in [-0.39, 0.29) is 5.92 Å². The first-order valence-corrected chi connectivity index (χ1v) is 5.45. The quantitative estimate of drug-likeness (QED) is 0.877. The molecule has 0 saturated heterocycles. The molecule has 0 aromatic heterocycles. The van der Waals surface area contributed by atoms with E-state index in [1.165, 1.54) is 12.1 Å². The van der Waals surface area contributed by atoms with E-state index in [2.05, 4.69) is 5.32 Å². The number of halogens is 3. The monoisotopic (exact) mass is 260 g/mol. The standard InChI is InChI=1S/C12H15F3N2O/c1-7(2)10(16)11(18)17-9-5-3-8(4-6-9)12(13,14)15/h3-7,10H,16H2,1-2H3,(H,17,18). The number of nitrogens with two attached hydrogens (primary N) is 1. The van der Waals surface area contributed by atoms with E-state index >= 15 is 0 Å². The zero-order valence-corrected chi connectivity index (χ0v) is 10.1. The fraction of sp³-hybridized carbons (Fsp3) is 0.417. The number of benzene rings is 1. The minimum absolute atomic E-state index is 0.0422. The van der Waals surface area contributed by atoms with Crippen LogP contribution >= 0.6 is 0 Å². The molecule has 0 bridgehead atoms. The number of carbonyl (C=O) groups is 1. The second-order valence-electron chi connectivity index (χ2n) is 4.33. The molecule has 18 heavy (non-hydrogen) atoms. The SMILES string of the molecule is CC(C)C(N)C(=O)Nc1ccc(C(F)(F)F)cc1. The Morgan fingerprint density at radius 3 is 2.11 bits per heavy atom. The number of alkyl halides is 3. The van der Waals surface area contributed by atoms with Gasteiger partial charge in [-0.15, -0.1) is 0 Å². The number of amides is 1. The number of hydrogen-bond acceptors (Lipinski definition) is 2. The molecule has 1 amide bonds. The van der Waals surface area contributed by atoms with Crippen molar-refractivity contribution in [3.8, 4) is 0 Å². The summed E-state index contributed by atoms with van der Waals surface area (Å²) in [4.78, 5) is 11.6. The number of hydrogen-bond donors (Lipinski definition) is 2. The summed E-state index contributed by atoms with van der Waals surface area (Å²) in [5.41, 5.74) is 5.15. The number of nitrogens with one attached hydrogen (secondary N) is 1. The molecule has 6 heteroatoms. The van der Waals surface area contributed by atoms with Crippen molar-refractivity contribution in [2.75, 3.05) is 5.32 Å². The number of carbonyl (C=O) groups excluding carboxylic acids is 1. The fourth-order valence-corrected chi connectivity index (χ4v) is 1.27. The van der Waals surface area contributed by atoms with Gasteiger partial charge in [0.2, 0.25) is 5.91 Å². The molecule has 0 saturated carbocycles. The van der Waals surface area contributed by atoms with Crippen LogP contribution in [-0.4, -0.2) is 11.9 Å². The molecule has 1 rings (SSSR count). The molecule has 0 aliphatic heterocycles. The lowest BCUT2D eigenvalue weighted by molar-refractivity contribution is -0.137. The van der Waals surface area contributed by atoms with Crippen molar-refractivity contribution in [3.63, 3.8) is 0 Å². The van der Waals surface area contributed by atoms with E-state index < -0.39 is 23.7 Å². The second kappa shape index (κ2) is 5.39. The van der Waals surface area contributed by atoms with Crippen molar-refractivity contribution in [2.45, 2.75) is 26.1 Å². The summed E-state index contributed by atoms with van der Waals surface area (Å²) >= 11 is 0. The maximum absolute atomic E-state index is 12.3. The largest absolute Gasteiger partial charge is 0.416 e. The minimum Gasteiger partial charge on any atom is -0.325 e. The molecular formula is C12H15F3N2O. The van der Waals surface area contributed by atoms with Gasteiger partial charge in [0.1, 0.15) is 0 Å². The van der Waals surface area contributed by atoms with Gasteiger partial charge in [0.05, 0.1) is 11.6 Å². The van der Waals surface area contributed by atoms with Crippen molar-refractivity contribution in [3.05, 3.63) is 29.8 Å². The van der Waals surface area contributed by atoms with Crippen LogP contribution in [0, 0.1) is 5.92 Å². The van der Waals surface area contributed by atoms with E-state index in [4.69, 9.17) is 5.73 Å². The van der Waals surface area contributed by atoms with E-state index in [9.17, 15) is 18.0 Å². The van der Waals surface area contributed by atoms with Gasteiger partial charge in [-0.3, -0.25) is 4.79 Å². The normalized spacial score (nSPS) is 13.5. The number of anilines is 1. The molecule has 3 N–H and O–H groups in total. The van der Waals surface area contributed by atoms with Crippen molar-refractivity contribution in [2.24, 2.45) is 11.7 Å². The van der Waals surface area contributed by atoms with Crippen molar-refractivity contribution >= 4 is 11.6 Å². The topological polar surface area (TPSA) is 55.1 Å². The summed E-state index contributed by atoms with van der Waals surface area (Å²) in [6, 6.07) is 3.54. The predicted molar refractivity (Wildman–Crippen MR) is 62.9 cm³/mol. The van der Waals surface area contributed by atoms with Crippen LogP contribution in [0.4, 0.5) is 18.9 Å². The molecule has 1 atom stereocenters. The van der Waals surface area contributed by atoms with Gasteiger partial charge in [-0.1, -0.05) is 13.8 Å². The minimum atomic E-state index is -4.38. The Bertz CT molecular complexity index is 412. The Morgan fingerprint density at radius 1 is 1.22 bits per heavy atom. The molecule has 100 valence electrons. The zero-order chi connectivity index (χ0) is 13.9. The van der Waals surface area contributed by atoms with Gasteiger partial charge in [-0.05, 0) is 30.2 Å². The van der Waals surface area contributed by atoms with Gasteiger partial charge in [0, 0.05) is 5.69 Å². The molecule has 0 heterocycles. The molecule has 1 aromatic rings. The highest BCUT2D eigenvalue weighted by Crippen LogP contribution is 2.29. The summed E-state index contributed by atoms with van der Waals surface area (Å²) in [5, 5.41) is 2.47. The fourth-order valence-electron chi connectivity index (χ4n) is 1.27. The predicted octanol–water partition coefficient (Wildman–Crippen LogP) is 2.63. The molecule has 1 unspecified atom stereocenters. The van der Waals surface area contributed by atoms with E-state index in [1.807, 2.05) is 0 Å². The zero-order valence-electron chi connectivity index (χ0n) is 10.1. The average molecular weight is 260 g/mol. The first-order chi connectivity index (χ1) is 8.21. The third kappa shape index (κ3) is 3.73. The van der Waals surface area contributed by atoms with Crippen LogP contribution in [0.15, 0.2) is 24.3 Å². The van der Waals surface area contributed by atoms with Gasteiger partial charge >= 0.3 is 6.18 Å². The summed E-state index contributed by atoms with van der Waals surface area (Å²) in [5.74, 6) is -0.454. The summed E-state index contributed by atoms with van der Waals surface area (Å²) in [6.45, 7) is 3.58. The maximum Gasteiger partial charge on any atom is 0.416 e. The maximum atomic E-state index is 12.3. The molecule has 0 radical (unpaired) electrons. The first kappa shape index (κ1) is 14.5. The molecule has 0 spiro atoms. The third-order valence-corrected chi connectivity index (χ3v) is 2.50. The Hall–Kier alpha value is -1.56. The van der Waals surface area contributed by atoms with Crippen molar-refractivity contribution < 1.29 is 18.0 Å². The van der Waals surface area contributed by atoms with Crippen LogP contribution in [0.3, 0.4) is 0 Å². The molecular weight excluding hydrogens is 245 g/mol. The van der Waals surface area contributed by atoms with Gasteiger partial charge in [0.25, 0.3) is 0 Å². The Labute approximate surface area is 103 Å². The summed E-state index contributed by atoms with van der Waals surface area (Å²) in [6.07, 6.45) is -4.38. The van der Waals surface area contributed by atoms with Gasteiger partial charge in [-0.2, -0.15) is 13.2 Å². The van der Waals surface area contributed by atoms with Gasteiger partial charge in [0.15, 0.2) is 0 Å². The van der Waals surface area contributed by atoms with Crippen LogP contribution in [0.1, 0.15) is 19.4 Å². The summed E-state index contributed by atoms with van der Waals surface area (Å²) < 4.78 is 36.9. The van der Waals surface area contributed by atoms with E-state index in [1.54, 1.807) is 13.8 Å². The van der Waals surface area contributed by atoms with Crippen LogP contribution < -0.4 is 11.1 Å². The molecule has 3 nitrogen and oxygen atoms in total. The molecule has 0 aliphatic rings. The Morgan fingerprint density at radius 2 is 1.72 bits per heavy atom. The molecule has 1 aromatic carbocycles. The highest BCUT2D eigenvalue weighted by Gasteiger charge is 2.30. The highest BCUT2D eigenvalue weighted by molar-refractivity contribution is 5.94. The average Bonchev–Trinajstić information content (AvgIpc) is 2.27. The second-order valence-corrected chi connectivity index (χ2v) is 4.33.